The summed E-state index contributed by atoms with van der Waals surface area (Å²) in [6.07, 6.45) is 4.35. The van der Waals surface area contributed by atoms with Gasteiger partial charge < -0.3 is 9.64 Å². The Morgan fingerprint density at radius 3 is 2.57 bits per heavy atom. The fourth-order valence-electron chi connectivity index (χ4n) is 3.47. The molecule has 0 radical (unpaired) electrons. The van der Waals surface area contributed by atoms with E-state index in [2.05, 4.69) is 9.80 Å². The number of nitro benzene ring substituents is 1. The van der Waals surface area contributed by atoms with Gasteiger partial charge in [0, 0.05) is 44.0 Å². The molecule has 2 aliphatic heterocycles. The Hall–Kier alpha value is -1.66. The van der Waals surface area contributed by atoms with Crippen LogP contribution in [0, 0.1) is 10.1 Å². The van der Waals surface area contributed by atoms with E-state index in [0.717, 1.165) is 64.3 Å². The number of non-ortho nitro benzene ring substituents is 1. The zero-order valence-corrected chi connectivity index (χ0v) is 13.6. The quantitative estimate of drug-likeness (QED) is 0.595. The number of rotatable bonds is 6. The van der Waals surface area contributed by atoms with Crippen molar-refractivity contribution in [3.8, 4) is 0 Å². The van der Waals surface area contributed by atoms with Gasteiger partial charge >= 0.3 is 0 Å². The third-order valence-electron chi connectivity index (χ3n) is 4.74. The van der Waals surface area contributed by atoms with Gasteiger partial charge in [0.15, 0.2) is 0 Å². The first-order chi connectivity index (χ1) is 11.2. The Kier molecular flexibility index (Phi) is 5.46. The lowest BCUT2D eigenvalue weighted by Gasteiger charge is -2.27. The SMILES string of the molecule is O=[N+]([O-])c1ccc(N2CCCC2)c(CCCN2CCOCC2)c1. The second-order valence-corrected chi connectivity index (χ2v) is 6.32. The van der Waals surface area contributed by atoms with Crippen LogP contribution in [-0.4, -0.2) is 55.8 Å². The van der Waals surface area contributed by atoms with E-state index in [9.17, 15) is 10.1 Å². The molecule has 6 heteroatoms. The van der Waals surface area contributed by atoms with E-state index in [0.29, 0.717) is 0 Å². The summed E-state index contributed by atoms with van der Waals surface area (Å²) < 4.78 is 5.37. The van der Waals surface area contributed by atoms with Gasteiger partial charge in [0.1, 0.15) is 0 Å². The molecule has 6 nitrogen and oxygen atoms in total. The minimum absolute atomic E-state index is 0.203. The zero-order valence-electron chi connectivity index (χ0n) is 13.6. The fraction of sp³-hybridized carbons (Fsp3) is 0.647. The van der Waals surface area contributed by atoms with Gasteiger partial charge in [-0.2, -0.15) is 0 Å². The Bertz CT molecular complexity index is 538. The summed E-state index contributed by atoms with van der Waals surface area (Å²) in [7, 11) is 0. The van der Waals surface area contributed by atoms with E-state index < -0.39 is 0 Å². The van der Waals surface area contributed by atoms with Crippen LogP contribution >= 0.6 is 0 Å². The average Bonchev–Trinajstić information content (AvgIpc) is 3.10. The van der Waals surface area contributed by atoms with Crippen molar-refractivity contribution in [2.24, 2.45) is 0 Å². The molecule has 0 saturated carbocycles. The number of morpholine rings is 1. The molecule has 23 heavy (non-hydrogen) atoms. The largest absolute Gasteiger partial charge is 0.379 e. The van der Waals surface area contributed by atoms with Gasteiger partial charge in [-0.3, -0.25) is 15.0 Å². The van der Waals surface area contributed by atoms with Gasteiger partial charge in [0.2, 0.25) is 0 Å². The van der Waals surface area contributed by atoms with E-state index in [1.807, 2.05) is 6.07 Å². The van der Waals surface area contributed by atoms with Crippen molar-refractivity contribution in [1.82, 2.24) is 4.90 Å². The van der Waals surface area contributed by atoms with Gasteiger partial charge in [0.05, 0.1) is 18.1 Å². The standard InChI is InChI=1S/C17H25N3O3/c21-20(22)16-5-6-17(19-8-1-2-9-19)15(14-16)4-3-7-18-10-12-23-13-11-18/h5-6,14H,1-4,7-13H2. The number of aryl methyl sites for hydroxylation is 1. The molecule has 0 unspecified atom stereocenters. The molecular weight excluding hydrogens is 294 g/mol. The van der Waals surface area contributed by atoms with Crippen molar-refractivity contribution in [3.63, 3.8) is 0 Å². The molecule has 0 aliphatic carbocycles. The molecule has 0 bridgehead atoms. The molecule has 0 amide bonds. The summed E-state index contributed by atoms with van der Waals surface area (Å²) in [5, 5.41) is 11.1. The van der Waals surface area contributed by atoms with Crippen LogP contribution in [0.5, 0.6) is 0 Å². The highest BCUT2D eigenvalue weighted by molar-refractivity contribution is 5.58. The minimum atomic E-state index is -0.292. The van der Waals surface area contributed by atoms with Crippen molar-refractivity contribution in [2.75, 3.05) is 50.8 Å². The summed E-state index contributed by atoms with van der Waals surface area (Å²) in [5.74, 6) is 0. The summed E-state index contributed by atoms with van der Waals surface area (Å²) in [4.78, 5) is 15.6. The molecule has 2 heterocycles. The van der Waals surface area contributed by atoms with Crippen molar-refractivity contribution in [2.45, 2.75) is 25.7 Å². The van der Waals surface area contributed by atoms with Crippen LogP contribution in [0.25, 0.3) is 0 Å². The topological polar surface area (TPSA) is 58.9 Å². The van der Waals surface area contributed by atoms with Crippen LogP contribution in [0.4, 0.5) is 11.4 Å². The van der Waals surface area contributed by atoms with Crippen molar-refractivity contribution >= 4 is 11.4 Å². The Balaban J connectivity index is 1.66. The van der Waals surface area contributed by atoms with Gasteiger partial charge in [-0.25, -0.2) is 0 Å². The van der Waals surface area contributed by atoms with Crippen LogP contribution in [-0.2, 0) is 11.2 Å². The predicted octanol–water partition coefficient (Wildman–Crippen LogP) is 2.46. The molecule has 0 N–H and O–H groups in total. The van der Waals surface area contributed by atoms with Crippen LogP contribution < -0.4 is 4.90 Å². The van der Waals surface area contributed by atoms with Crippen molar-refractivity contribution < 1.29 is 9.66 Å². The van der Waals surface area contributed by atoms with Gasteiger partial charge in [-0.1, -0.05) is 0 Å². The minimum Gasteiger partial charge on any atom is -0.379 e. The maximum Gasteiger partial charge on any atom is 0.269 e. The number of nitro groups is 1. The van der Waals surface area contributed by atoms with Crippen LogP contribution in [0.2, 0.25) is 0 Å². The molecule has 126 valence electrons. The zero-order chi connectivity index (χ0) is 16.1. The lowest BCUT2D eigenvalue weighted by molar-refractivity contribution is -0.384. The first-order valence-electron chi connectivity index (χ1n) is 8.56. The first-order valence-corrected chi connectivity index (χ1v) is 8.56. The Labute approximate surface area is 137 Å². The van der Waals surface area contributed by atoms with Crippen molar-refractivity contribution in [3.05, 3.63) is 33.9 Å². The molecule has 0 atom stereocenters. The predicted molar refractivity (Wildman–Crippen MR) is 90.1 cm³/mol. The normalized spacial score (nSPS) is 19.2. The highest BCUT2D eigenvalue weighted by atomic mass is 16.6. The van der Waals surface area contributed by atoms with Crippen LogP contribution in [0.1, 0.15) is 24.8 Å². The lowest BCUT2D eigenvalue weighted by atomic mass is 10.1. The molecule has 0 aromatic heterocycles. The molecule has 1 aromatic rings. The fourth-order valence-corrected chi connectivity index (χ4v) is 3.47. The number of nitrogens with zero attached hydrogens (tertiary/aromatic N) is 3. The lowest BCUT2D eigenvalue weighted by Crippen LogP contribution is -2.37. The smallest absolute Gasteiger partial charge is 0.269 e. The van der Waals surface area contributed by atoms with Crippen molar-refractivity contribution in [1.29, 1.82) is 0 Å². The highest BCUT2D eigenvalue weighted by Gasteiger charge is 2.19. The number of ether oxygens (including phenoxy) is 1. The number of anilines is 1. The van der Waals surface area contributed by atoms with Crippen LogP contribution in [0.15, 0.2) is 18.2 Å². The Morgan fingerprint density at radius 2 is 1.87 bits per heavy atom. The second kappa shape index (κ2) is 7.75. The van der Waals surface area contributed by atoms with Gasteiger partial charge in [-0.15, -0.1) is 0 Å². The second-order valence-electron chi connectivity index (χ2n) is 6.32. The highest BCUT2D eigenvalue weighted by Crippen LogP contribution is 2.29. The maximum absolute atomic E-state index is 11.1. The molecule has 2 fully saturated rings. The summed E-state index contributed by atoms with van der Waals surface area (Å²) in [5.41, 5.74) is 2.51. The molecule has 1 aromatic carbocycles. The maximum atomic E-state index is 11.1. The van der Waals surface area contributed by atoms with Gasteiger partial charge in [0.25, 0.3) is 5.69 Å². The molecule has 3 rings (SSSR count). The third kappa shape index (κ3) is 4.20. The Morgan fingerprint density at radius 1 is 1.13 bits per heavy atom. The van der Waals surface area contributed by atoms with E-state index >= 15 is 0 Å². The molecule has 2 aliphatic rings. The van der Waals surface area contributed by atoms with E-state index in [-0.39, 0.29) is 10.6 Å². The average molecular weight is 319 g/mol. The molecule has 0 spiro atoms. The van der Waals surface area contributed by atoms with E-state index in [1.54, 1.807) is 12.1 Å². The van der Waals surface area contributed by atoms with Gasteiger partial charge in [-0.05, 0) is 43.9 Å². The summed E-state index contributed by atoms with van der Waals surface area (Å²) >= 11 is 0. The first kappa shape index (κ1) is 16.2. The number of benzene rings is 1. The van der Waals surface area contributed by atoms with E-state index in [1.165, 1.54) is 18.5 Å². The molecule has 2 saturated heterocycles. The van der Waals surface area contributed by atoms with Crippen LogP contribution in [0.3, 0.4) is 0 Å². The summed E-state index contributed by atoms with van der Waals surface area (Å²) in [6, 6.07) is 5.35. The van der Waals surface area contributed by atoms with E-state index in [4.69, 9.17) is 4.74 Å². The third-order valence-corrected chi connectivity index (χ3v) is 4.74. The number of hydrogen-bond donors (Lipinski definition) is 0. The number of hydrogen-bond acceptors (Lipinski definition) is 5. The monoisotopic (exact) mass is 319 g/mol. The summed E-state index contributed by atoms with van der Waals surface area (Å²) in [6.45, 7) is 6.78. The molecular formula is C17H25N3O3.